The summed E-state index contributed by atoms with van der Waals surface area (Å²) < 4.78 is 12.8. The quantitative estimate of drug-likeness (QED) is 0.708. The van der Waals surface area contributed by atoms with Crippen LogP contribution in [-0.2, 0) is 4.79 Å². The average molecular weight is 256 g/mol. The zero-order valence-corrected chi connectivity index (χ0v) is 9.89. The Morgan fingerprint density at radius 3 is 2.71 bits per heavy atom. The fourth-order valence-corrected chi connectivity index (χ4v) is 3.22. The Hall–Kier alpha value is -1.27. The van der Waals surface area contributed by atoms with Crippen LogP contribution in [0.25, 0.3) is 0 Å². The molecule has 1 aromatic rings. The number of thioether (sulfide) groups is 1. The number of benzene rings is 1. The van der Waals surface area contributed by atoms with Crippen LogP contribution in [0.2, 0.25) is 0 Å². The number of nitrogen functional groups attached to an aromatic ring is 1. The van der Waals surface area contributed by atoms with Crippen LogP contribution in [0.15, 0.2) is 23.1 Å². The molecule has 0 saturated carbocycles. The van der Waals surface area contributed by atoms with E-state index in [1.165, 1.54) is 23.9 Å². The van der Waals surface area contributed by atoms with Gasteiger partial charge in [-0.05, 0) is 18.2 Å². The maximum Gasteiger partial charge on any atom is 0.304 e. The van der Waals surface area contributed by atoms with Gasteiger partial charge in [0, 0.05) is 23.7 Å². The summed E-state index contributed by atoms with van der Waals surface area (Å²) >= 11 is 1.37. The number of carbonyl (C=O) groups is 1. The predicted octanol–water partition coefficient (Wildman–Crippen LogP) is 1.32. The second kappa shape index (κ2) is 4.54. The van der Waals surface area contributed by atoms with Gasteiger partial charge in [0.2, 0.25) is 0 Å². The molecular formula is C11H13FN2O2S. The standard InChI is InChI=1S/C11H13FN2O2S/c12-7-1-8(13)3-9(2-7)17-11(4-10(15)16)5-14-6-11/h1-3,14H,4-6,13H2,(H,15,16). The first-order valence-corrected chi connectivity index (χ1v) is 5.98. The molecule has 4 N–H and O–H groups in total. The third-order valence-electron chi connectivity index (χ3n) is 2.60. The Balaban J connectivity index is 2.15. The van der Waals surface area contributed by atoms with Crippen molar-refractivity contribution in [3.63, 3.8) is 0 Å². The molecule has 1 fully saturated rings. The molecule has 1 aliphatic heterocycles. The lowest BCUT2D eigenvalue weighted by Gasteiger charge is -2.40. The lowest BCUT2D eigenvalue weighted by atomic mass is 9.98. The highest BCUT2D eigenvalue weighted by Gasteiger charge is 2.40. The van der Waals surface area contributed by atoms with E-state index in [-0.39, 0.29) is 11.2 Å². The predicted molar refractivity (Wildman–Crippen MR) is 64.5 cm³/mol. The summed E-state index contributed by atoms with van der Waals surface area (Å²) in [4.78, 5) is 11.5. The Bertz CT molecular complexity index is 429. The minimum atomic E-state index is -0.844. The average Bonchev–Trinajstić information content (AvgIpc) is 2.11. The lowest BCUT2D eigenvalue weighted by molar-refractivity contribution is -0.138. The SMILES string of the molecule is Nc1cc(F)cc(SC2(CC(=O)O)CNC2)c1. The third-order valence-corrected chi connectivity index (χ3v) is 3.93. The molecule has 0 amide bonds. The largest absolute Gasteiger partial charge is 0.481 e. The van der Waals surface area contributed by atoms with Gasteiger partial charge >= 0.3 is 5.97 Å². The van der Waals surface area contributed by atoms with Gasteiger partial charge in [-0.1, -0.05) is 0 Å². The van der Waals surface area contributed by atoms with Crippen molar-refractivity contribution in [2.24, 2.45) is 0 Å². The van der Waals surface area contributed by atoms with E-state index in [1.807, 2.05) is 0 Å². The second-order valence-corrected chi connectivity index (χ2v) is 5.72. The van der Waals surface area contributed by atoms with Crippen molar-refractivity contribution in [3.8, 4) is 0 Å². The van der Waals surface area contributed by atoms with Gasteiger partial charge in [0.1, 0.15) is 5.82 Å². The van der Waals surface area contributed by atoms with Crippen LogP contribution in [-0.4, -0.2) is 28.9 Å². The lowest BCUT2D eigenvalue weighted by Crippen LogP contribution is -2.57. The molecule has 0 unspecified atom stereocenters. The van der Waals surface area contributed by atoms with Gasteiger partial charge < -0.3 is 16.2 Å². The molecule has 1 saturated heterocycles. The van der Waals surface area contributed by atoms with Crippen molar-refractivity contribution < 1.29 is 14.3 Å². The van der Waals surface area contributed by atoms with E-state index in [0.29, 0.717) is 23.7 Å². The van der Waals surface area contributed by atoms with Gasteiger partial charge in [0.05, 0.1) is 11.2 Å². The summed E-state index contributed by atoms with van der Waals surface area (Å²) in [6, 6.07) is 4.28. The summed E-state index contributed by atoms with van der Waals surface area (Å²) in [5.41, 5.74) is 5.91. The summed E-state index contributed by atoms with van der Waals surface area (Å²) in [5.74, 6) is -1.24. The first kappa shape index (κ1) is 12.2. The first-order valence-electron chi connectivity index (χ1n) is 5.17. The normalized spacial score (nSPS) is 17.5. The van der Waals surface area contributed by atoms with E-state index in [0.717, 1.165) is 0 Å². The van der Waals surface area contributed by atoms with Crippen molar-refractivity contribution in [2.75, 3.05) is 18.8 Å². The molecule has 92 valence electrons. The van der Waals surface area contributed by atoms with E-state index >= 15 is 0 Å². The van der Waals surface area contributed by atoms with Gasteiger partial charge in [-0.15, -0.1) is 11.8 Å². The molecule has 2 rings (SSSR count). The highest BCUT2D eigenvalue weighted by atomic mass is 32.2. The van der Waals surface area contributed by atoms with Gasteiger partial charge in [-0.25, -0.2) is 4.39 Å². The Morgan fingerprint density at radius 2 is 2.24 bits per heavy atom. The van der Waals surface area contributed by atoms with Gasteiger partial charge in [-0.2, -0.15) is 0 Å². The molecule has 1 heterocycles. The van der Waals surface area contributed by atoms with Crippen molar-refractivity contribution in [3.05, 3.63) is 24.0 Å². The molecule has 4 nitrogen and oxygen atoms in total. The monoisotopic (exact) mass is 256 g/mol. The summed E-state index contributed by atoms with van der Waals surface area (Å²) in [7, 11) is 0. The molecular weight excluding hydrogens is 243 g/mol. The van der Waals surface area contributed by atoms with Crippen LogP contribution in [0.4, 0.5) is 10.1 Å². The smallest absolute Gasteiger partial charge is 0.304 e. The van der Waals surface area contributed by atoms with Crippen LogP contribution < -0.4 is 11.1 Å². The number of hydrogen-bond donors (Lipinski definition) is 3. The molecule has 1 aliphatic rings. The molecule has 0 bridgehead atoms. The number of carboxylic acid groups (broad SMARTS) is 1. The maximum absolute atomic E-state index is 13.2. The zero-order valence-electron chi connectivity index (χ0n) is 9.07. The Morgan fingerprint density at radius 1 is 1.53 bits per heavy atom. The highest BCUT2D eigenvalue weighted by Crippen LogP contribution is 2.39. The molecule has 17 heavy (non-hydrogen) atoms. The van der Waals surface area contributed by atoms with E-state index in [1.54, 1.807) is 6.07 Å². The van der Waals surface area contributed by atoms with E-state index < -0.39 is 11.8 Å². The number of nitrogens with two attached hydrogens (primary N) is 1. The molecule has 0 atom stereocenters. The van der Waals surface area contributed by atoms with Crippen LogP contribution in [0.1, 0.15) is 6.42 Å². The van der Waals surface area contributed by atoms with Crippen LogP contribution in [0, 0.1) is 5.82 Å². The number of nitrogens with one attached hydrogen (secondary N) is 1. The van der Waals surface area contributed by atoms with Gasteiger partial charge in [0.15, 0.2) is 0 Å². The molecule has 0 aromatic heterocycles. The minimum absolute atomic E-state index is 0.0566. The van der Waals surface area contributed by atoms with Crippen molar-refractivity contribution in [1.82, 2.24) is 5.32 Å². The van der Waals surface area contributed by atoms with Crippen molar-refractivity contribution >= 4 is 23.4 Å². The van der Waals surface area contributed by atoms with Crippen LogP contribution >= 0.6 is 11.8 Å². The Labute approximate surface area is 102 Å². The number of hydrogen-bond acceptors (Lipinski definition) is 4. The van der Waals surface area contributed by atoms with Crippen molar-refractivity contribution in [2.45, 2.75) is 16.1 Å². The van der Waals surface area contributed by atoms with Crippen molar-refractivity contribution in [1.29, 1.82) is 0 Å². The number of aliphatic carboxylic acids is 1. The maximum atomic E-state index is 13.2. The summed E-state index contributed by atoms with van der Waals surface area (Å²) in [5, 5.41) is 11.9. The fraction of sp³-hybridized carbons (Fsp3) is 0.364. The Kier molecular flexibility index (Phi) is 3.26. The van der Waals surface area contributed by atoms with E-state index in [4.69, 9.17) is 10.8 Å². The fourth-order valence-electron chi connectivity index (χ4n) is 1.81. The molecule has 0 spiro atoms. The molecule has 0 radical (unpaired) electrons. The molecule has 6 heteroatoms. The summed E-state index contributed by atoms with van der Waals surface area (Å²) in [6.45, 7) is 1.22. The highest BCUT2D eigenvalue weighted by molar-refractivity contribution is 8.00. The van der Waals surface area contributed by atoms with Crippen LogP contribution in [0.3, 0.4) is 0 Å². The van der Waals surface area contributed by atoms with E-state index in [9.17, 15) is 9.18 Å². The molecule has 0 aliphatic carbocycles. The van der Waals surface area contributed by atoms with E-state index in [2.05, 4.69) is 5.32 Å². The topological polar surface area (TPSA) is 75.4 Å². The van der Waals surface area contributed by atoms with Gasteiger partial charge in [0.25, 0.3) is 0 Å². The third kappa shape index (κ3) is 2.89. The van der Waals surface area contributed by atoms with Gasteiger partial charge in [-0.3, -0.25) is 4.79 Å². The number of anilines is 1. The number of halogens is 1. The first-order chi connectivity index (χ1) is 7.99. The minimum Gasteiger partial charge on any atom is -0.481 e. The van der Waals surface area contributed by atoms with Crippen LogP contribution in [0.5, 0.6) is 0 Å². The second-order valence-electron chi connectivity index (χ2n) is 4.18. The number of rotatable bonds is 4. The summed E-state index contributed by atoms with van der Waals surface area (Å²) in [6.07, 6.45) is 0.0566. The number of carboxylic acids is 1. The zero-order chi connectivity index (χ0) is 12.5. The molecule has 1 aromatic carbocycles.